The van der Waals surface area contributed by atoms with Crippen LogP contribution >= 0.6 is 0 Å². The molecule has 0 heterocycles. The third-order valence-corrected chi connectivity index (χ3v) is 2.68. The second-order valence-corrected chi connectivity index (χ2v) is 3.92. The third kappa shape index (κ3) is 3.77. The molecule has 1 aromatic carbocycles. The van der Waals surface area contributed by atoms with Crippen LogP contribution < -0.4 is 5.32 Å². The maximum Gasteiger partial charge on any atom is 0.129 e. The lowest BCUT2D eigenvalue weighted by Gasteiger charge is -2.26. The molecule has 0 amide bonds. The lowest BCUT2D eigenvalue weighted by molar-refractivity contribution is 0.0426. The Labute approximate surface area is 102 Å². The molecule has 0 spiro atoms. The Kier molecular flexibility index (Phi) is 6.11. The number of aliphatic hydroxyl groups is 1. The van der Waals surface area contributed by atoms with E-state index in [1.165, 1.54) is 13.2 Å². The zero-order valence-corrected chi connectivity index (χ0v) is 10.3. The molecule has 0 bridgehead atoms. The van der Waals surface area contributed by atoms with Crippen molar-refractivity contribution < 1.29 is 14.2 Å². The quantitative estimate of drug-likeness (QED) is 0.765. The van der Waals surface area contributed by atoms with Gasteiger partial charge in [0.05, 0.1) is 12.6 Å². The van der Waals surface area contributed by atoms with Crippen LogP contribution in [0.15, 0.2) is 24.3 Å². The Morgan fingerprint density at radius 2 is 2.12 bits per heavy atom. The largest absolute Gasteiger partial charge is 0.395 e. The molecule has 2 N–H and O–H groups in total. The van der Waals surface area contributed by atoms with E-state index in [4.69, 9.17) is 4.74 Å². The number of rotatable bonds is 7. The molecule has 96 valence electrons. The fourth-order valence-corrected chi connectivity index (χ4v) is 1.81. The Morgan fingerprint density at radius 1 is 1.41 bits per heavy atom. The number of halogens is 1. The van der Waals surface area contributed by atoms with Crippen molar-refractivity contribution in [3.8, 4) is 0 Å². The van der Waals surface area contributed by atoms with Gasteiger partial charge in [0.25, 0.3) is 0 Å². The number of nitrogens with one attached hydrogen (secondary N) is 1. The molecule has 0 unspecified atom stereocenters. The molecule has 3 nitrogen and oxygen atoms in total. The summed E-state index contributed by atoms with van der Waals surface area (Å²) < 4.78 is 19.0. The number of hydrogen-bond donors (Lipinski definition) is 2. The highest BCUT2D eigenvalue weighted by Crippen LogP contribution is 2.23. The van der Waals surface area contributed by atoms with Gasteiger partial charge in [-0.3, -0.25) is 0 Å². The van der Waals surface area contributed by atoms with Gasteiger partial charge in [-0.05, 0) is 19.0 Å². The summed E-state index contributed by atoms with van der Waals surface area (Å²) >= 11 is 0. The normalized spacial score (nSPS) is 14.6. The van der Waals surface area contributed by atoms with E-state index in [-0.39, 0.29) is 18.5 Å². The SMILES string of the molecule is CCCN[C@H](CO)[C@@H](OC)c1ccccc1F. The summed E-state index contributed by atoms with van der Waals surface area (Å²) in [5.74, 6) is -0.309. The first-order chi connectivity index (χ1) is 8.24. The molecule has 17 heavy (non-hydrogen) atoms. The van der Waals surface area contributed by atoms with Crippen LogP contribution in [0, 0.1) is 5.82 Å². The Morgan fingerprint density at radius 3 is 2.65 bits per heavy atom. The van der Waals surface area contributed by atoms with Crippen LogP contribution in [-0.2, 0) is 4.74 Å². The first kappa shape index (κ1) is 14.1. The molecule has 0 aliphatic carbocycles. The number of benzene rings is 1. The van der Waals surface area contributed by atoms with Gasteiger partial charge >= 0.3 is 0 Å². The molecule has 0 saturated carbocycles. The van der Waals surface area contributed by atoms with E-state index in [9.17, 15) is 9.50 Å². The summed E-state index contributed by atoms with van der Waals surface area (Å²) in [4.78, 5) is 0. The number of aliphatic hydroxyl groups excluding tert-OH is 1. The summed E-state index contributed by atoms with van der Waals surface area (Å²) in [6.07, 6.45) is 0.470. The Bertz CT molecular complexity index is 333. The van der Waals surface area contributed by atoms with Crippen molar-refractivity contribution in [3.05, 3.63) is 35.6 Å². The lowest BCUT2D eigenvalue weighted by atomic mass is 10.0. The minimum Gasteiger partial charge on any atom is -0.395 e. The monoisotopic (exact) mass is 241 g/mol. The fraction of sp³-hybridized carbons (Fsp3) is 0.538. The molecule has 4 heteroatoms. The highest BCUT2D eigenvalue weighted by Gasteiger charge is 2.24. The molecule has 0 fully saturated rings. The van der Waals surface area contributed by atoms with Gasteiger partial charge in [0.2, 0.25) is 0 Å². The molecule has 1 rings (SSSR count). The van der Waals surface area contributed by atoms with Crippen molar-refractivity contribution in [2.45, 2.75) is 25.5 Å². The van der Waals surface area contributed by atoms with Gasteiger partial charge in [-0.25, -0.2) is 4.39 Å². The predicted molar refractivity (Wildman–Crippen MR) is 65.3 cm³/mol. The van der Waals surface area contributed by atoms with E-state index >= 15 is 0 Å². The molecule has 2 atom stereocenters. The molecule has 0 saturated heterocycles. The summed E-state index contributed by atoms with van der Waals surface area (Å²) in [5.41, 5.74) is 0.470. The number of ether oxygens (including phenoxy) is 1. The Hall–Kier alpha value is -0.970. The molecule has 0 aromatic heterocycles. The fourth-order valence-electron chi connectivity index (χ4n) is 1.81. The van der Waals surface area contributed by atoms with Crippen LogP contribution in [-0.4, -0.2) is 31.4 Å². The van der Waals surface area contributed by atoms with E-state index in [0.29, 0.717) is 5.56 Å². The van der Waals surface area contributed by atoms with Crippen molar-refractivity contribution in [2.75, 3.05) is 20.3 Å². The van der Waals surface area contributed by atoms with Crippen LogP contribution in [0.1, 0.15) is 25.0 Å². The van der Waals surface area contributed by atoms with E-state index in [0.717, 1.165) is 13.0 Å². The van der Waals surface area contributed by atoms with Gasteiger partial charge in [-0.2, -0.15) is 0 Å². The van der Waals surface area contributed by atoms with Gasteiger partial charge in [-0.1, -0.05) is 25.1 Å². The lowest BCUT2D eigenvalue weighted by Crippen LogP contribution is -2.39. The molecular formula is C13H20FNO2. The topological polar surface area (TPSA) is 41.5 Å². The number of hydrogen-bond acceptors (Lipinski definition) is 3. The van der Waals surface area contributed by atoms with Gasteiger partial charge in [0.15, 0.2) is 0 Å². The molecule has 0 aliphatic rings. The maximum absolute atomic E-state index is 13.7. The van der Waals surface area contributed by atoms with E-state index in [1.807, 2.05) is 6.92 Å². The predicted octanol–water partition coefficient (Wildman–Crippen LogP) is 1.87. The van der Waals surface area contributed by atoms with Crippen LogP contribution in [0.3, 0.4) is 0 Å². The maximum atomic E-state index is 13.7. The second-order valence-electron chi connectivity index (χ2n) is 3.92. The van der Waals surface area contributed by atoms with Crippen LogP contribution in [0.25, 0.3) is 0 Å². The standard InChI is InChI=1S/C13H20FNO2/c1-3-8-15-12(9-16)13(17-2)10-6-4-5-7-11(10)14/h4-7,12-13,15-16H,3,8-9H2,1-2H3/t12-,13+/m1/s1. The molecule has 0 radical (unpaired) electrons. The number of methoxy groups -OCH3 is 1. The average molecular weight is 241 g/mol. The minimum atomic E-state index is -0.479. The highest BCUT2D eigenvalue weighted by molar-refractivity contribution is 5.21. The van der Waals surface area contributed by atoms with Gasteiger partial charge in [0, 0.05) is 12.7 Å². The summed E-state index contributed by atoms with van der Waals surface area (Å²) in [6, 6.07) is 6.18. The van der Waals surface area contributed by atoms with Crippen molar-refractivity contribution in [2.24, 2.45) is 0 Å². The third-order valence-electron chi connectivity index (χ3n) is 2.68. The van der Waals surface area contributed by atoms with Gasteiger partial charge < -0.3 is 15.2 Å². The van der Waals surface area contributed by atoms with Crippen LogP contribution in [0.2, 0.25) is 0 Å². The molecular weight excluding hydrogens is 221 g/mol. The van der Waals surface area contributed by atoms with Gasteiger partial charge in [0.1, 0.15) is 11.9 Å². The first-order valence-electron chi connectivity index (χ1n) is 5.86. The summed E-state index contributed by atoms with van der Waals surface area (Å²) in [7, 11) is 1.52. The van der Waals surface area contributed by atoms with Crippen LogP contribution in [0.4, 0.5) is 4.39 Å². The van der Waals surface area contributed by atoms with Crippen LogP contribution in [0.5, 0.6) is 0 Å². The highest BCUT2D eigenvalue weighted by atomic mass is 19.1. The zero-order chi connectivity index (χ0) is 12.7. The first-order valence-corrected chi connectivity index (χ1v) is 5.86. The van der Waals surface area contributed by atoms with Crippen molar-refractivity contribution >= 4 is 0 Å². The van der Waals surface area contributed by atoms with Crippen molar-refractivity contribution in [1.29, 1.82) is 0 Å². The van der Waals surface area contributed by atoms with E-state index in [2.05, 4.69) is 5.32 Å². The van der Waals surface area contributed by atoms with Crippen molar-refractivity contribution in [1.82, 2.24) is 5.32 Å². The summed E-state index contributed by atoms with van der Waals surface area (Å²) in [6.45, 7) is 2.71. The minimum absolute atomic E-state index is 0.0904. The molecule has 0 aliphatic heterocycles. The zero-order valence-electron chi connectivity index (χ0n) is 10.3. The summed E-state index contributed by atoms with van der Waals surface area (Å²) in [5, 5.41) is 12.5. The molecule has 1 aromatic rings. The van der Waals surface area contributed by atoms with Crippen molar-refractivity contribution in [3.63, 3.8) is 0 Å². The Balaban J connectivity index is 2.85. The van der Waals surface area contributed by atoms with E-state index < -0.39 is 6.10 Å². The average Bonchev–Trinajstić information content (AvgIpc) is 2.36. The van der Waals surface area contributed by atoms with E-state index in [1.54, 1.807) is 18.2 Å². The smallest absolute Gasteiger partial charge is 0.129 e. The van der Waals surface area contributed by atoms with Gasteiger partial charge in [-0.15, -0.1) is 0 Å². The second kappa shape index (κ2) is 7.37.